The minimum atomic E-state index is -0.587. The molecule has 0 spiro atoms. The third-order valence-corrected chi connectivity index (χ3v) is 4.58. The third-order valence-electron chi connectivity index (χ3n) is 4.58. The lowest BCUT2D eigenvalue weighted by Crippen LogP contribution is -2.47. The average molecular weight is 278 g/mol. The maximum Gasteiger partial charge on any atom is 0.172 e. The van der Waals surface area contributed by atoms with Gasteiger partial charge >= 0.3 is 0 Å². The van der Waals surface area contributed by atoms with E-state index in [1.54, 1.807) is 6.20 Å². The van der Waals surface area contributed by atoms with Crippen LogP contribution in [0.4, 0.5) is 0 Å². The molecule has 20 heavy (non-hydrogen) atoms. The van der Waals surface area contributed by atoms with Crippen molar-refractivity contribution in [3.63, 3.8) is 0 Å². The Bertz CT molecular complexity index is 467. The van der Waals surface area contributed by atoms with Gasteiger partial charge in [0.15, 0.2) is 5.78 Å². The molecule has 0 atom stereocenters. The number of hydrogen-bond donors (Lipinski definition) is 0. The van der Waals surface area contributed by atoms with E-state index in [1.807, 2.05) is 24.7 Å². The van der Waals surface area contributed by atoms with E-state index < -0.39 is 5.60 Å². The first-order valence-electron chi connectivity index (χ1n) is 7.52. The zero-order valence-electron chi connectivity index (χ0n) is 13.1. The third kappa shape index (κ3) is 3.11. The maximum atomic E-state index is 12.8. The van der Waals surface area contributed by atoms with E-state index in [1.165, 1.54) is 0 Å². The number of ketones is 1. The molecule has 1 heterocycles. The van der Waals surface area contributed by atoms with E-state index in [-0.39, 0.29) is 5.78 Å². The molecule has 1 fully saturated rings. The van der Waals surface area contributed by atoms with E-state index in [0.29, 0.717) is 18.4 Å². The molecule has 2 rings (SSSR count). The Labute approximate surface area is 121 Å². The van der Waals surface area contributed by atoms with Crippen molar-refractivity contribution in [1.82, 2.24) is 9.55 Å². The summed E-state index contributed by atoms with van der Waals surface area (Å²) in [6.45, 7) is 7.10. The molecule has 4 nitrogen and oxygen atoms in total. The molecule has 1 aromatic rings. The molecule has 0 N–H and O–H groups in total. The van der Waals surface area contributed by atoms with Crippen LogP contribution in [0, 0.1) is 5.41 Å². The molecule has 0 unspecified atom stereocenters. The van der Waals surface area contributed by atoms with Crippen molar-refractivity contribution < 1.29 is 9.53 Å². The SMILES string of the molecule is CCOC1(C(=O)Cc2nccn2C)CCC(C)(C)CC1. The highest BCUT2D eigenvalue weighted by atomic mass is 16.5. The molecular weight excluding hydrogens is 252 g/mol. The molecule has 0 aliphatic heterocycles. The summed E-state index contributed by atoms with van der Waals surface area (Å²) < 4.78 is 7.83. The van der Waals surface area contributed by atoms with Gasteiger partial charge in [0.25, 0.3) is 0 Å². The summed E-state index contributed by atoms with van der Waals surface area (Å²) in [5, 5.41) is 0. The molecule has 0 radical (unpaired) electrons. The average Bonchev–Trinajstić information content (AvgIpc) is 2.78. The Morgan fingerprint density at radius 1 is 1.35 bits per heavy atom. The Balaban J connectivity index is 2.12. The number of aromatic nitrogens is 2. The summed E-state index contributed by atoms with van der Waals surface area (Å²) in [5.41, 5.74) is -0.264. The molecule has 1 aliphatic carbocycles. The van der Waals surface area contributed by atoms with Crippen LogP contribution in [-0.2, 0) is 23.0 Å². The molecule has 0 saturated heterocycles. The molecule has 4 heteroatoms. The van der Waals surface area contributed by atoms with Crippen molar-refractivity contribution >= 4 is 5.78 Å². The van der Waals surface area contributed by atoms with Gasteiger partial charge in [-0.15, -0.1) is 0 Å². The Morgan fingerprint density at radius 2 is 2.00 bits per heavy atom. The fraction of sp³-hybridized carbons (Fsp3) is 0.750. The number of carbonyl (C=O) groups excluding carboxylic acids is 1. The first kappa shape index (κ1) is 15.2. The summed E-state index contributed by atoms with van der Waals surface area (Å²) in [6.07, 6.45) is 7.72. The lowest BCUT2D eigenvalue weighted by atomic mass is 9.69. The van der Waals surface area contributed by atoms with Gasteiger partial charge in [-0.05, 0) is 38.0 Å². The molecule has 0 bridgehead atoms. The maximum absolute atomic E-state index is 12.8. The van der Waals surface area contributed by atoms with Gasteiger partial charge in [0.1, 0.15) is 11.4 Å². The number of imidazole rings is 1. The zero-order chi connectivity index (χ0) is 14.8. The molecule has 1 aromatic heterocycles. The molecule has 1 saturated carbocycles. The minimum absolute atomic E-state index is 0.184. The van der Waals surface area contributed by atoms with Gasteiger partial charge in [-0.25, -0.2) is 4.98 Å². The number of carbonyl (C=O) groups is 1. The topological polar surface area (TPSA) is 44.1 Å². The molecule has 112 valence electrons. The van der Waals surface area contributed by atoms with Crippen molar-refractivity contribution in [1.29, 1.82) is 0 Å². The van der Waals surface area contributed by atoms with Crippen LogP contribution in [-0.4, -0.2) is 27.5 Å². The monoisotopic (exact) mass is 278 g/mol. The van der Waals surface area contributed by atoms with Crippen LogP contribution < -0.4 is 0 Å². The smallest absolute Gasteiger partial charge is 0.172 e. The second-order valence-corrected chi connectivity index (χ2v) is 6.65. The normalized spacial score (nSPS) is 20.8. The molecular formula is C16H26N2O2. The first-order valence-corrected chi connectivity index (χ1v) is 7.52. The van der Waals surface area contributed by atoms with E-state index in [0.717, 1.165) is 31.5 Å². The number of rotatable bonds is 5. The predicted molar refractivity (Wildman–Crippen MR) is 78.5 cm³/mol. The first-order chi connectivity index (χ1) is 9.38. The highest BCUT2D eigenvalue weighted by Crippen LogP contribution is 2.42. The van der Waals surface area contributed by atoms with Crippen LogP contribution in [0.5, 0.6) is 0 Å². The lowest BCUT2D eigenvalue weighted by molar-refractivity contribution is -0.151. The minimum Gasteiger partial charge on any atom is -0.367 e. The van der Waals surface area contributed by atoms with Crippen LogP contribution in [0.2, 0.25) is 0 Å². The lowest BCUT2D eigenvalue weighted by Gasteiger charge is -2.42. The zero-order valence-corrected chi connectivity index (χ0v) is 13.1. The standard InChI is InChI=1S/C16H26N2O2/c1-5-20-16(8-6-15(2,3)7-9-16)13(19)12-14-17-10-11-18(14)4/h10-11H,5-9,12H2,1-4H3. The van der Waals surface area contributed by atoms with E-state index in [4.69, 9.17) is 4.74 Å². The van der Waals surface area contributed by atoms with Crippen molar-refractivity contribution in [2.24, 2.45) is 12.5 Å². The fourth-order valence-electron chi connectivity index (χ4n) is 2.98. The summed E-state index contributed by atoms with van der Waals surface area (Å²) in [5.74, 6) is 1.00. The summed E-state index contributed by atoms with van der Waals surface area (Å²) in [6, 6.07) is 0. The number of hydrogen-bond acceptors (Lipinski definition) is 3. The Kier molecular flexibility index (Phi) is 4.33. The second-order valence-electron chi connectivity index (χ2n) is 6.65. The van der Waals surface area contributed by atoms with Crippen LogP contribution in [0.1, 0.15) is 52.3 Å². The Hall–Kier alpha value is -1.16. The van der Waals surface area contributed by atoms with Crippen LogP contribution in [0.3, 0.4) is 0 Å². The molecule has 0 amide bonds. The van der Waals surface area contributed by atoms with Gasteiger partial charge in [0, 0.05) is 26.0 Å². The number of aryl methyl sites for hydroxylation is 1. The quantitative estimate of drug-likeness (QED) is 0.832. The fourth-order valence-corrected chi connectivity index (χ4v) is 2.98. The van der Waals surface area contributed by atoms with Gasteiger partial charge in [0.05, 0.1) is 6.42 Å². The van der Waals surface area contributed by atoms with Crippen LogP contribution >= 0.6 is 0 Å². The van der Waals surface area contributed by atoms with Gasteiger partial charge in [-0.2, -0.15) is 0 Å². The van der Waals surface area contributed by atoms with Gasteiger partial charge < -0.3 is 9.30 Å². The van der Waals surface area contributed by atoms with Crippen molar-refractivity contribution in [2.45, 2.75) is 58.5 Å². The van der Waals surface area contributed by atoms with Crippen molar-refractivity contribution in [3.8, 4) is 0 Å². The van der Waals surface area contributed by atoms with E-state index in [2.05, 4.69) is 18.8 Å². The molecule has 1 aliphatic rings. The second kappa shape index (κ2) is 5.68. The van der Waals surface area contributed by atoms with Crippen molar-refractivity contribution in [2.75, 3.05) is 6.61 Å². The number of Topliss-reactive ketones (excluding diaryl/α,β-unsaturated/α-hetero) is 1. The number of ether oxygens (including phenoxy) is 1. The number of nitrogens with zero attached hydrogens (tertiary/aromatic N) is 2. The highest BCUT2D eigenvalue weighted by Gasteiger charge is 2.44. The van der Waals surface area contributed by atoms with Crippen LogP contribution in [0.15, 0.2) is 12.4 Å². The van der Waals surface area contributed by atoms with Crippen LogP contribution in [0.25, 0.3) is 0 Å². The van der Waals surface area contributed by atoms with E-state index >= 15 is 0 Å². The summed E-state index contributed by atoms with van der Waals surface area (Å²) in [4.78, 5) is 17.0. The molecule has 0 aromatic carbocycles. The largest absolute Gasteiger partial charge is 0.367 e. The highest BCUT2D eigenvalue weighted by molar-refractivity contribution is 5.88. The summed E-state index contributed by atoms with van der Waals surface area (Å²) in [7, 11) is 1.92. The van der Waals surface area contributed by atoms with Gasteiger partial charge in [0.2, 0.25) is 0 Å². The Morgan fingerprint density at radius 3 is 2.50 bits per heavy atom. The van der Waals surface area contributed by atoms with Gasteiger partial charge in [-0.3, -0.25) is 4.79 Å². The summed E-state index contributed by atoms with van der Waals surface area (Å²) >= 11 is 0. The van der Waals surface area contributed by atoms with E-state index in [9.17, 15) is 4.79 Å². The van der Waals surface area contributed by atoms with Crippen molar-refractivity contribution in [3.05, 3.63) is 18.2 Å². The predicted octanol–water partition coefficient (Wildman–Crippen LogP) is 2.91. The van der Waals surface area contributed by atoms with Gasteiger partial charge in [-0.1, -0.05) is 13.8 Å².